The highest BCUT2D eigenvalue weighted by Crippen LogP contribution is 2.55. The molecule has 11 heteroatoms. The van der Waals surface area contributed by atoms with Gasteiger partial charge in [-0.15, -0.1) is 0 Å². The third-order valence-electron chi connectivity index (χ3n) is 7.27. The Kier molecular flexibility index (Phi) is 6.37. The number of likely N-dealkylation sites (tertiary alicyclic amines) is 1. The molecule has 9 nitrogen and oxygen atoms in total. The minimum absolute atomic E-state index is 0.0631. The van der Waals surface area contributed by atoms with Crippen LogP contribution in [0.2, 0.25) is 0 Å². The molecule has 1 aliphatic carbocycles. The fraction of sp³-hybridized carbons (Fsp3) is 0.440. The Hall–Kier alpha value is -3.18. The van der Waals surface area contributed by atoms with Gasteiger partial charge in [0.1, 0.15) is 17.1 Å². The van der Waals surface area contributed by atoms with Gasteiger partial charge >= 0.3 is 5.97 Å². The number of nitrogens with zero attached hydrogens (tertiary/aromatic N) is 1. The number of carbonyl (C=O) groups excluding carboxylic acids is 1. The number of hydrogen-bond acceptors (Lipinski definition) is 6. The number of hydrogen-bond donors (Lipinski definition) is 3. The highest BCUT2D eigenvalue weighted by Gasteiger charge is 2.45. The molecular weight excluding hydrogens is 489 g/mol. The number of carbonyl (C=O) groups is 2. The van der Waals surface area contributed by atoms with Crippen LogP contribution in [0.3, 0.4) is 0 Å². The highest BCUT2D eigenvalue weighted by molar-refractivity contribution is 7.92. The number of benzene rings is 2. The molecule has 2 heterocycles. The number of aromatic carboxylic acids is 1. The predicted octanol–water partition coefficient (Wildman–Crippen LogP) is 2.78. The van der Waals surface area contributed by atoms with E-state index < -0.39 is 21.8 Å². The quantitative estimate of drug-likeness (QED) is 0.492. The van der Waals surface area contributed by atoms with Crippen molar-refractivity contribution in [2.45, 2.75) is 37.1 Å². The first-order valence-corrected chi connectivity index (χ1v) is 13.5. The average Bonchev–Trinajstić information content (AvgIpc) is 3.48. The Morgan fingerprint density at radius 3 is 2.78 bits per heavy atom. The van der Waals surface area contributed by atoms with E-state index in [1.54, 1.807) is 6.07 Å². The van der Waals surface area contributed by atoms with Gasteiger partial charge in [-0.2, -0.15) is 0 Å². The second-order valence-corrected chi connectivity index (χ2v) is 11.2. The summed E-state index contributed by atoms with van der Waals surface area (Å²) in [4.78, 5) is 26.6. The number of amides is 1. The zero-order valence-electron chi connectivity index (χ0n) is 19.8. The monoisotopic (exact) mass is 517 g/mol. The Morgan fingerprint density at radius 1 is 1.25 bits per heavy atom. The zero-order chi connectivity index (χ0) is 25.6. The molecule has 2 fully saturated rings. The van der Waals surface area contributed by atoms with E-state index in [-0.39, 0.29) is 51.7 Å². The van der Waals surface area contributed by atoms with E-state index in [2.05, 4.69) is 14.9 Å². The van der Waals surface area contributed by atoms with Gasteiger partial charge in [-0.05, 0) is 67.2 Å². The van der Waals surface area contributed by atoms with Gasteiger partial charge in [-0.3, -0.25) is 9.52 Å². The Morgan fingerprint density at radius 2 is 2.06 bits per heavy atom. The number of ether oxygens (including phenoxy) is 1. The molecular formula is C25H28FN3O6S. The SMILES string of the molecule is CCN1CC[C@@H](C(=O)NCc2cc(F)ccc2S(=O)(=O)Nc2ccc3c(c2C(=O)O)OC[C@H]2C[C@@H]32)C1. The number of sulfonamides is 1. The van der Waals surface area contributed by atoms with Crippen molar-refractivity contribution in [3.05, 3.63) is 52.8 Å². The van der Waals surface area contributed by atoms with Crippen molar-refractivity contribution in [3.8, 4) is 5.75 Å². The molecule has 0 radical (unpaired) electrons. The third-order valence-corrected chi connectivity index (χ3v) is 8.73. The number of fused-ring (bicyclic) bond motifs is 3. The molecule has 1 saturated heterocycles. The van der Waals surface area contributed by atoms with E-state index in [1.807, 2.05) is 6.92 Å². The summed E-state index contributed by atoms with van der Waals surface area (Å²) in [6.07, 6.45) is 1.62. The Bertz CT molecular complexity index is 1330. The lowest BCUT2D eigenvalue weighted by atomic mass is 10.0. The fourth-order valence-corrected chi connectivity index (χ4v) is 6.45. The van der Waals surface area contributed by atoms with Crippen molar-refractivity contribution < 1.29 is 32.2 Å². The van der Waals surface area contributed by atoms with Crippen molar-refractivity contribution in [2.24, 2.45) is 11.8 Å². The lowest BCUT2D eigenvalue weighted by Crippen LogP contribution is -2.33. The van der Waals surface area contributed by atoms with Gasteiger partial charge < -0.3 is 20.1 Å². The minimum atomic E-state index is -4.32. The van der Waals surface area contributed by atoms with Crippen molar-refractivity contribution in [1.29, 1.82) is 0 Å². The summed E-state index contributed by atoms with van der Waals surface area (Å²) in [7, 11) is -4.32. The van der Waals surface area contributed by atoms with Crippen molar-refractivity contribution >= 4 is 27.6 Å². The van der Waals surface area contributed by atoms with Crippen LogP contribution in [0.25, 0.3) is 0 Å². The molecule has 3 aliphatic rings. The number of nitrogens with one attached hydrogen (secondary N) is 2. The van der Waals surface area contributed by atoms with E-state index in [9.17, 15) is 27.5 Å². The minimum Gasteiger partial charge on any atom is -0.492 e. The summed E-state index contributed by atoms with van der Waals surface area (Å²) in [5.41, 5.74) is 0.448. The van der Waals surface area contributed by atoms with E-state index in [4.69, 9.17) is 4.74 Å². The molecule has 0 aromatic heterocycles. The van der Waals surface area contributed by atoms with Gasteiger partial charge in [0.25, 0.3) is 10.0 Å². The summed E-state index contributed by atoms with van der Waals surface area (Å²) in [5.74, 6) is -1.61. The van der Waals surface area contributed by atoms with Crippen LogP contribution < -0.4 is 14.8 Å². The molecule has 192 valence electrons. The summed E-state index contributed by atoms with van der Waals surface area (Å²) < 4.78 is 48.8. The maximum atomic E-state index is 14.1. The molecule has 2 aromatic rings. The van der Waals surface area contributed by atoms with Crippen molar-refractivity contribution in [1.82, 2.24) is 10.2 Å². The second kappa shape index (κ2) is 9.36. The first-order valence-electron chi connectivity index (χ1n) is 12.0. The van der Waals surface area contributed by atoms with E-state index in [0.29, 0.717) is 25.5 Å². The number of rotatable bonds is 8. The Balaban J connectivity index is 1.39. The molecule has 3 N–H and O–H groups in total. The largest absolute Gasteiger partial charge is 0.492 e. The lowest BCUT2D eigenvalue weighted by molar-refractivity contribution is -0.124. The van der Waals surface area contributed by atoms with Crippen LogP contribution in [0.5, 0.6) is 5.75 Å². The molecule has 1 amide bonds. The normalized spacial score (nSPS) is 22.8. The van der Waals surface area contributed by atoms with E-state index in [1.165, 1.54) is 6.07 Å². The number of carboxylic acids is 1. The summed E-state index contributed by atoms with van der Waals surface area (Å²) in [6, 6.07) is 6.29. The van der Waals surface area contributed by atoms with Crippen LogP contribution in [-0.4, -0.2) is 56.5 Å². The Labute approximate surface area is 208 Å². The smallest absolute Gasteiger partial charge is 0.341 e. The van der Waals surface area contributed by atoms with Gasteiger partial charge in [0.15, 0.2) is 0 Å². The standard InChI is InChI=1S/C25H28FN3O6S/c1-2-29-8-7-14(12-29)24(30)27-11-15-9-17(26)3-6-21(15)36(33,34)28-20-5-4-18-19-10-16(19)13-35-23(18)22(20)25(31)32/h3-6,9,14,16,19,28H,2,7-8,10-13H2,1H3,(H,27,30)(H,31,32)/t14-,16-,19-/m1/s1. The van der Waals surface area contributed by atoms with Gasteiger partial charge in [-0.25, -0.2) is 17.6 Å². The summed E-state index contributed by atoms with van der Waals surface area (Å²) in [6.45, 7) is 4.51. The zero-order valence-corrected chi connectivity index (χ0v) is 20.6. The fourth-order valence-electron chi connectivity index (χ4n) is 5.16. The van der Waals surface area contributed by atoms with Crippen LogP contribution in [0.15, 0.2) is 35.2 Å². The van der Waals surface area contributed by atoms with Crippen LogP contribution >= 0.6 is 0 Å². The molecule has 0 spiro atoms. The number of carboxylic acid groups (broad SMARTS) is 1. The van der Waals surface area contributed by atoms with Gasteiger partial charge in [0.05, 0.1) is 23.1 Å². The summed E-state index contributed by atoms with van der Waals surface area (Å²) in [5, 5.41) is 12.6. The third kappa shape index (κ3) is 4.64. The molecule has 0 bridgehead atoms. The van der Waals surface area contributed by atoms with Crippen LogP contribution in [0.1, 0.15) is 47.2 Å². The van der Waals surface area contributed by atoms with E-state index in [0.717, 1.165) is 43.3 Å². The van der Waals surface area contributed by atoms with Crippen LogP contribution in [-0.2, 0) is 21.4 Å². The molecule has 36 heavy (non-hydrogen) atoms. The molecule has 3 atom stereocenters. The number of anilines is 1. The van der Waals surface area contributed by atoms with Gasteiger partial charge in [0, 0.05) is 19.0 Å². The lowest BCUT2D eigenvalue weighted by Gasteiger charge is -2.21. The van der Waals surface area contributed by atoms with Crippen LogP contribution in [0, 0.1) is 17.7 Å². The van der Waals surface area contributed by atoms with Gasteiger partial charge in [0.2, 0.25) is 5.91 Å². The molecule has 2 aliphatic heterocycles. The molecule has 1 saturated carbocycles. The topological polar surface area (TPSA) is 125 Å². The van der Waals surface area contributed by atoms with Crippen LogP contribution in [0.4, 0.5) is 10.1 Å². The van der Waals surface area contributed by atoms with Crippen molar-refractivity contribution in [3.63, 3.8) is 0 Å². The van der Waals surface area contributed by atoms with E-state index >= 15 is 0 Å². The van der Waals surface area contributed by atoms with Gasteiger partial charge in [-0.1, -0.05) is 13.0 Å². The maximum absolute atomic E-state index is 14.1. The van der Waals surface area contributed by atoms with Crippen molar-refractivity contribution in [2.75, 3.05) is 31.0 Å². The molecule has 0 unspecified atom stereocenters. The summed E-state index contributed by atoms with van der Waals surface area (Å²) >= 11 is 0. The first kappa shape index (κ1) is 24.5. The second-order valence-electron chi connectivity index (χ2n) is 9.58. The number of halogens is 1. The average molecular weight is 518 g/mol. The highest BCUT2D eigenvalue weighted by atomic mass is 32.2. The molecule has 2 aromatic carbocycles. The first-order chi connectivity index (χ1) is 17.2. The molecule has 5 rings (SSSR count). The predicted molar refractivity (Wildman–Crippen MR) is 129 cm³/mol. The maximum Gasteiger partial charge on any atom is 0.341 e.